The Morgan fingerprint density at radius 1 is 1.36 bits per heavy atom. The van der Waals surface area contributed by atoms with Gasteiger partial charge in [0, 0.05) is 12.7 Å². The van der Waals surface area contributed by atoms with Gasteiger partial charge in [-0.25, -0.2) is 0 Å². The summed E-state index contributed by atoms with van der Waals surface area (Å²) in [6.07, 6.45) is 5.01. The van der Waals surface area contributed by atoms with E-state index >= 15 is 0 Å². The molecule has 0 saturated carbocycles. The molecule has 1 unspecified atom stereocenters. The van der Waals surface area contributed by atoms with Crippen LogP contribution in [-0.4, -0.2) is 19.5 Å². The van der Waals surface area contributed by atoms with E-state index in [-0.39, 0.29) is 11.7 Å². The molecule has 1 aromatic carbocycles. The van der Waals surface area contributed by atoms with Gasteiger partial charge in [0.2, 0.25) is 0 Å². The van der Waals surface area contributed by atoms with Crippen molar-refractivity contribution in [3.8, 4) is 0 Å². The van der Waals surface area contributed by atoms with Crippen molar-refractivity contribution in [2.24, 2.45) is 0 Å². The van der Waals surface area contributed by atoms with E-state index < -0.39 is 0 Å². The van der Waals surface area contributed by atoms with E-state index in [1.807, 2.05) is 25.1 Å². The van der Waals surface area contributed by atoms with Gasteiger partial charge in [0.15, 0.2) is 11.7 Å². The van der Waals surface area contributed by atoms with E-state index in [9.17, 15) is 4.79 Å². The van der Waals surface area contributed by atoms with Gasteiger partial charge in [-0.1, -0.05) is 18.2 Å². The van der Waals surface area contributed by atoms with Gasteiger partial charge in [0.1, 0.15) is 11.3 Å². The first kappa shape index (κ1) is 15.0. The van der Waals surface area contributed by atoms with Crippen LogP contribution in [0.4, 0.5) is 0 Å². The van der Waals surface area contributed by atoms with Crippen LogP contribution in [0.25, 0.3) is 16.5 Å². The lowest BCUT2D eigenvalue weighted by Gasteiger charge is -2.22. The highest BCUT2D eigenvalue weighted by Crippen LogP contribution is 2.18. The monoisotopic (exact) mass is 300 g/mol. The van der Waals surface area contributed by atoms with Gasteiger partial charge in [-0.3, -0.25) is 4.79 Å². The molecule has 1 atom stereocenters. The Kier molecular flexibility index (Phi) is 4.71. The summed E-state index contributed by atoms with van der Waals surface area (Å²) in [5, 5.41) is 0.603. The predicted molar refractivity (Wildman–Crippen MR) is 85.7 cm³/mol. The standard InChI is InChI=1S/C18H20O4/c1-13(9-11-21-18-8-4-5-10-20-18)17-12-15(19)14-6-2-3-7-16(14)22-17/h2-3,6-7,9,12,18H,4-5,8,10-11H2,1H3/b13-9+. The van der Waals surface area contributed by atoms with Crippen molar-refractivity contribution in [2.45, 2.75) is 32.5 Å². The first-order valence-electron chi connectivity index (χ1n) is 7.67. The van der Waals surface area contributed by atoms with E-state index in [2.05, 4.69) is 0 Å². The molecule has 2 heterocycles. The molecule has 22 heavy (non-hydrogen) atoms. The van der Waals surface area contributed by atoms with Crippen molar-refractivity contribution in [3.05, 3.63) is 52.4 Å². The number of allylic oxidation sites excluding steroid dienone is 1. The molecule has 0 spiro atoms. The second-order valence-corrected chi connectivity index (χ2v) is 5.49. The summed E-state index contributed by atoms with van der Waals surface area (Å²) < 4.78 is 17.0. The summed E-state index contributed by atoms with van der Waals surface area (Å²) in [5.41, 5.74) is 1.47. The number of ether oxygens (including phenoxy) is 2. The zero-order valence-corrected chi connectivity index (χ0v) is 12.7. The first-order chi connectivity index (χ1) is 10.7. The number of hydrogen-bond donors (Lipinski definition) is 0. The van der Waals surface area contributed by atoms with Gasteiger partial charge in [-0.2, -0.15) is 0 Å². The molecule has 0 radical (unpaired) electrons. The van der Waals surface area contributed by atoms with Crippen molar-refractivity contribution >= 4 is 16.5 Å². The molecule has 1 aromatic heterocycles. The average molecular weight is 300 g/mol. The summed E-state index contributed by atoms with van der Waals surface area (Å²) in [7, 11) is 0. The largest absolute Gasteiger partial charge is 0.456 e. The molecule has 116 valence electrons. The normalized spacial score (nSPS) is 19.5. The Bertz CT molecular complexity index is 723. The molecule has 1 fully saturated rings. The Morgan fingerprint density at radius 3 is 3.05 bits per heavy atom. The molecule has 4 nitrogen and oxygen atoms in total. The Balaban J connectivity index is 1.72. The van der Waals surface area contributed by atoms with Crippen LogP contribution in [0.2, 0.25) is 0 Å². The summed E-state index contributed by atoms with van der Waals surface area (Å²) >= 11 is 0. The highest BCUT2D eigenvalue weighted by molar-refractivity contribution is 5.77. The second-order valence-electron chi connectivity index (χ2n) is 5.49. The minimum atomic E-state index is -0.110. The maximum absolute atomic E-state index is 12.1. The number of para-hydroxylation sites is 1. The molecular formula is C18H20O4. The van der Waals surface area contributed by atoms with Crippen molar-refractivity contribution in [2.75, 3.05) is 13.2 Å². The third kappa shape index (κ3) is 3.46. The molecule has 4 heteroatoms. The molecule has 3 rings (SSSR count). The highest BCUT2D eigenvalue weighted by Gasteiger charge is 2.13. The highest BCUT2D eigenvalue weighted by atomic mass is 16.7. The lowest BCUT2D eigenvalue weighted by Crippen LogP contribution is -2.22. The van der Waals surface area contributed by atoms with Crippen molar-refractivity contribution in [1.82, 2.24) is 0 Å². The molecule has 2 aromatic rings. The van der Waals surface area contributed by atoms with Crippen molar-refractivity contribution in [3.63, 3.8) is 0 Å². The van der Waals surface area contributed by atoms with Crippen molar-refractivity contribution < 1.29 is 13.9 Å². The zero-order valence-electron chi connectivity index (χ0n) is 12.7. The van der Waals surface area contributed by atoms with Gasteiger partial charge in [-0.15, -0.1) is 0 Å². The quantitative estimate of drug-likeness (QED) is 0.863. The van der Waals surface area contributed by atoms with E-state index in [1.54, 1.807) is 12.1 Å². The third-order valence-electron chi connectivity index (χ3n) is 3.83. The van der Waals surface area contributed by atoms with Crippen LogP contribution in [0.3, 0.4) is 0 Å². The predicted octanol–water partition coefficient (Wildman–Crippen LogP) is 3.74. The average Bonchev–Trinajstić information content (AvgIpc) is 2.56. The zero-order chi connectivity index (χ0) is 15.4. The van der Waals surface area contributed by atoms with Gasteiger partial charge in [0.25, 0.3) is 0 Å². The molecule has 0 bridgehead atoms. The Morgan fingerprint density at radius 2 is 2.23 bits per heavy atom. The summed E-state index contributed by atoms with van der Waals surface area (Å²) in [6.45, 7) is 3.14. The SMILES string of the molecule is C/C(=C\COC1CCCCO1)c1cc(=O)c2ccccc2o1. The fourth-order valence-electron chi connectivity index (χ4n) is 2.52. The van der Waals surface area contributed by atoms with Gasteiger partial charge in [0.05, 0.1) is 12.0 Å². The van der Waals surface area contributed by atoms with Crippen LogP contribution < -0.4 is 5.43 Å². The van der Waals surface area contributed by atoms with Crippen LogP contribution in [0.1, 0.15) is 31.9 Å². The number of fused-ring (bicyclic) bond motifs is 1. The summed E-state index contributed by atoms with van der Waals surface area (Å²) in [6, 6.07) is 8.80. The third-order valence-corrected chi connectivity index (χ3v) is 3.83. The number of benzene rings is 1. The van der Waals surface area contributed by atoms with Gasteiger partial charge >= 0.3 is 0 Å². The van der Waals surface area contributed by atoms with E-state index in [1.165, 1.54) is 6.07 Å². The molecule has 1 aliphatic rings. The maximum atomic E-state index is 12.1. The van der Waals surface area contributed by atoms with E-state index in [4.69, 9.17) is 13.9 Å². The summed E-state index contributed by atoms with van der Waals surface area (Å²) in [4.78, 5) is 12.1. The lowest BCUT2D eigenvalue weighted by atomic mass is 10.1. The minimum absolute atomic E-state index is 0.0267. The smallest absolute Gasteiger partial charge is 0.193 e. The second kappa shape index (κ2) is 6.90. The van der Waals surface area contributed by atoms with Crippen LogP contribution in [0, 0.1) is 0 Å². The minimum Gasteiger partial charge on any atom is -0.456 e. The number of rotatable bonds is 4. The lowest BCUT2D eigenvalue weighted by molar-refractivity contribution is -0.155. The van der Waals surface area contributed by atoms with Crippen LogP contribution in [-0.2, 0) is 9.47 Å². The molecule has 0 amide bonds. The van der Waals surface area contributed by atoms with E-state index in [0.717, 1.165) is 31.4 Å². The Labute approximate surface area is 129 Å². The maximum Gasteiger partial charge on any atom is 0.193 e. The fourth-order valence-corrected chi connectivity index (χ4v) is 2.52. The number of hydrogen-bond acceptors (Lipinski definition) is 4. The van der Waals surface area contributed by atoms with E-state index in [0.29, 0.717) is 23.3 Å². The molecule has 1 aliphatic heterocycles. The van der Waals surface area contributed by atoms with Gasteiger partial charge < -0.3 is 13.9 Å². The molecule has 1 saturated heterocycles. The summed E-state index contributed by atoms with van der Waals surface area (Å²) in [5.74, 6) is 0.580. The topological polar surface area (TPSA) is 48.7 Å². The Hall–Kier alpha value is -1.91. The fraction of sp³-hybridized carbons (Fsp3) is 0.389. The van der Waals surface area contributed by atoms with Gasteiger partial charge in [-0.05, 0) is 43.9 Å². The molecule has 0 aliphatic carbocycles. The van der Waals surface area contributed by atoms with Crippen molar-refractivity contribution in [1.29, 1.82) is 0 Å². The van der Waals surface area contributed by atoms with Crippen LogP contribution in [0.15, 0.2) is 45.6 Å². The van der Waals surface area contributed by atoms with Crippen LogP contribution >= 0.6 is 0 Å². The molecule has 0 N–H and O–H groups in total. The van der Waals surface area contributed by atoms with Crippen LogP contribution in [0.5, 0.6) is 0 Å². The first-order valence-corrected chi connectivity index (χ1v) is 7.67. The molecular weight excluding hydrogens is 280 g/mol.